The largest absolute Gasteiger partial charge is 0.490 e. The number of nitrogens with one attached hydrogen (secondary N) is 2. The number of halogens is 1. The predicted octanol–water partition coefficient (Wildman–Crippen LogP) is 4.69. The van der Waals surface area contributed by atoms with E-state index in [1.807, 2.05) is 6.07 Å². The summed E-state index contributed by atoms with van der Waals surface area (Å²) in [7, 11) is 0. The summed E-state index contributed by atoms with van der Waals surface area (Å²) in [4.78, 5) is 5.40. The van der Waals surface area contributed by atoms with Gasteiger partial charge in [-0.1, -0.05) is 12.1 Å². The molecule has 5 rings (SSSR count). The Morgan fingerprint density at radius 3 is 2.45 bits per heavy atom. The Kier molecular flexibility index (Phi) is 5.52. The van der Waals surface area contributed by atoms with Crippen LogP contribution in [-0.2, 0) is 0 Å². The van der Waals surface area contributed by atoms with Crippen molar-refractivity contribution in [3.63, 3.8) is 0 Å². The molecule has 2 aliphatic rings. The van der Waals surface area contributed by atoms with Crippen LogP contribution in [0.1, 0.15) is 42.7 Å². The minimum atomic E-state index is -0.349. The summed E-state index contributed by atoms with van der Waals surface area (Å²) in [6.45, 7) is 3.86. The van der Waals surface area contributed by atoms with Crippen molar-refractivity contribution in [3.8, 4) is 11.8 Å². The number of H-pyrrole nitrogens is 1. The molecule has 2 aliphatic heterocycles. The van der Waals surface area contributed by atoms with Crippen LogP contribution in [0.25, 0.3) is 10.9 Å². The first kappa shape index (κ1) is 19.9. The topological polar surface area (TPSA) is 64.1 Å². The first-order valence-corrected chi connectivity index (χ1v) is 11.1. The average Bonchev–Trinajstić information content (AvgIpc) is 3.26. The molecule has 0 amide bonds. The monoisotopic (exact) mass is 418 g/mol. The molecule has 160 valence electrons. The number of nitriles is 1. The second-order valence-electron chi connectivity index (χ2n) is 8.53. The van der Waals surface area contributed by atoms with E-state index in [9.17, 15) is 9.65 Å². The quantitative estimate of drug-likeness (QED) is 0.645. The van der Waals surface area contributed by atoms with E-state index >= 15 is 0 Å². The zero-order valence-corrected chi connectivity index (χ0v) is 17.5. The van der Waals surface area contributed by atoms with Gasteiger partial charge in [-0.3, -0.25) is 0 Å². The molecule has 5 nitrogen and oxygen atoms in total. The van der Waals surface area contributed by atoms with Crippen LogP contribution >= 0.6 is 0 Å². The summed E-state index contributed by atoms with van der Waals surface area (Å²) in [5.74, 6) is 1.12. The summed E-state index contributed by atoms with van der Waals surface area (Å²) in [6.07, 6.45) is 6.12. The SMILES string of the molecule is N#Cc1c[nH]c2c(N3CCC(c4ccc(OC5CCNCC5)cc4)CC3)ccc(F)c12. The van der Waals surface area contributed by atoms with Crippen LogP contribution in [0.3, 0.4) is 0 Å². The van der Waals surface area contributed by atoms with Gasteiger partial charge in [-0.25, -0.2) is 4.39 Å². The highest BCUT2D eigenvalue weighted by molar-refractivity contribution is 5.95. The molecule has 0 atom stereocenters. The first-order valence-electron chi connectivity index (χ1n) is 11.1. The summed E-state index contributed by atoms with van der Waals surface area (Å²) in [6, 6.07) is 14.0. The van der Waals surface area contributed by atoms with Crippen LogP contribution in [0, 0.1) is 17.1 Å². The maximum absolute atomic E-state index is 14.3. The number of anilines is 1. The zero-order valence-electron chi connectivity index (χ0n) is 17.5. The van der Waals surface area contributed by atoms with Crippen molar-refractivity contribution in [2.45, 2.75) is 37.7 Å². The molecule has 31 heavy (non-hydrogen) atoms. The van der Waals surface area contributed by atoms with Crippen LogP contribution in [0.5, 0.6) is 5.75 Å². The van der Waals surface area contributed by atoms with E-state index < -0.39 is 0 Å². The van der Waals surface area contributed by atoms with Crippen molar-refractivity contribution >= 4 is 16.6 Å². The Bertz CT molecular complexity index is 1090. The lowest BCUT2D eigenvalue weighted by Crippen LogP contribution is -2.34. The predicted molar refractivity (Wildman–Crippen MR) is 120 cm³/mol. The number of rotatable bonds is 4. The summed E-state index contributed by atoms with van der Waals surface area (Å²) < 4.78 is 20.4. The second-order valence-corrected chi connectivity index (χ2v) is 8.53. The second kappa shape index (κ2) is 8.60. The normalized spacial score (nSPS) is 18.3. The number of nitrogens with zero attached hydrogens (tertiary/aromatic N) is 2. The van der Waals surface area contributed by atoms with E-state index in [-0.39, 0.29) is 5.82 Å². The summed E-state index contributed by atoms with van der Waals surface area (Å²) >= 11 is 0. The number of ether oxygens (including phenoxy) is 1. The zero-order chi connectivity index (χ0) is 21.2. The van der Waals surface area contributed by atoms with Gasteiger partial charge in [0.2, 0.25) is 0 Å². The number of benzene rings is 2. The molecule has 0 radical (unpaired) electrons. The van der Waals surface area contributed by atoms with Crippen molar-refractivity contribution in [1.29, 1.82) is 5.26 Å². The van der Waals surface area contributed by atoms with Gasteiger partial charge in [-0.05, 0) is 74.5 Å². The van der Waals surface area contributed by atoms with E-state index in [2.05, 4.69) is 45.5 Å². The lowest BCUT2D eigenvalue weighted by atomic mass is 9.89. The maximum Gasteiger partial charge on any atom is 0.134 e. The molecule has 2 saturated heterocycles. The molecule has 3 heterocycles. The third kappa shape index (κ3) is 3.98. The van der Waals surface area contributed by atoms with Crippen LogP contribution < -0.4 is 15.0 Å². The standard InChI is InChI=1S/C25H27FN4O/c26-22-5-6-23(25-24(22)19(15-27)16-29-25)30-13-9-18(10-14-30)17-1-3-20(4-2-17)31-21-7-11-28-12-8-21/h1-6,16,18,21,28-29H,7-14H2. The molecule has 1 aromatic heterocycles. The molecule has 3 aromatic rings. The van der Waals surface area contributed by atoms with Crippen molar-refractivity contribution in [2.75, 3.05) is 31.1 Å². The third-order valence-corrected chi connectivity index (χ3v) is 6.66. The van der Waals surface area contributed by atoms with E-state index in [1.54, 1.807) is 6.20 Å². The van der Waals surface area contributed by atoms with Gasteiger partial charge in [0.05, 0.1) is 22.2 Å². The van der Waals surface area contributed by atoms with Gasteiger partial charge in [0.25, 0.3) is 0 Å². The number of fused-ring (bicyclic) bond motifs is 1. The number of aromatic amines is 1. The molecule has 6 heteroatoms. The highest BCUT2D eigenvalue weighted by atomic mass is 19.1. The van der Waals surface area contributed by atoms with Crippen LogP contribution in [0.4, 0.5) is 10.1 Å². The fraction of sp³-hybridized carbons (Fsp3) is 0.400. The molecule has 0 spiro atoms. The average molecular weight is 419 g/mol. The number of piperidine rings is 2. The fourth-order valence-corrected chi connectivity index (χ4v) is 4.92. The Balaban J connectivity index is 1.25. The molecule has 2 aromatic carbocycles. The molecule has 2 N–H and O–H groups in total. The number of hydrogen-bond acceptors (Lipinski definition) is 4. The summed E-state index contributed by atoms with van der Waals surface area (Å²) in [5.41, 5.74) is 3.40. The first-order chi connectivity index (χ1) is 15.2. The fourth-order valence-electron chi connectivity index (χ4n) is 4.92. The lowest BCUT2D eigenvalue weighted by Gasteiger charge is -2.34. The van der Waals surface area contributed by atoms with E-state index in [1.165, 1.54) is 11.6 Å². The van der Waals surface area contributed by atoms with Crippen molar-refractivity contribution in [3.05, 3.63) is 59.5 Å². The van der Waals surface area contributed by atoms with Gasteiger partial charge in [0.15, 0.2) is 0 Å². The number of aromatic nitrogens is 1. The highest BCUT2D eigenvalue weighted by Gasteiger charge is 2.24. The van der Waals surface area contributed by atoms with E-state index in [0.29, 0.717) is 23.0 Å². The molecule has 0 bridgehead atoms. The van der Waals surface area contributed by atoms with Crippen molar-refractivity contribution in [2.24, 2.45) is 0 Å². The Hall–Kier alpha value is -3.04. The maximum atomic E-state index is 14.3. The van der Waals surface area contributed by atoms with Crippen LogP contribution in [0.15, 0.2) is 42.6 Å². The van der Waals surface area contributed by atoms with Crippen molar-refractivity contribution in [1.82, 2.24) is 10.3 Å². The third-order valence-electron chi connectivity index (χ3n) is 6.66. The van der Waals surface area contributed by atoms with E-state index in [0.717, 1.165) is 68.8 Å². The summed E-state index contributed by atoms with van der Waals surface area (Å²) in [5, 5.41) is 13.0. The minimum absolute atomic E-state index is 0.317. The lowest BCUT2D eigenvalue weighted by molar-refractivity contribution is 0.162. The van der Waals surface area contributed by atoms with Crippen LogP contribution in [-0.4, -0.2) is 37.3 Å². The smallest absolute Gasteiger partial charge is 0.134 e. The van der Waals surface area contributed by atoms with E-state index in [4.69, 9.17) is 4.74 Å². The Morgan fingerprint density at radius 2 is 1.74 bits per heavy atom. The van der Waals surface area contributed by atoms with Crippen LogP contribution in [0.2, 0.25) is 0 Å². The van der Waals surface area contributed by atoms with Gasteiger partial charge >= 0.3 is 0 Å². The molecule has 0 saturated carbocycles. The molecule has 2 fully saturated rings. The molecular weight excluding hydrogens is 391 g/mol. The van der Waals surface area contributed by atoms with Gasteiger partial charge < -0.3 is 19.9 Å². The Labute approximate surface area is 181 Å². The Morgan fingerprint density at radius 1 is 1.00 bits per heavy atom. The molecular formula is C25H27FN4O. The van der Waals surface area contributed by atoms with Gasteiger partial charge in [0.1, 0.15) is 23.7 Å². The van der Waals surface area contributed by atoms with Gasteiger partial charge in [0, 0.05) is 19.3 Å². The minimum Gasteiger partial charge on any atom is -0.490 e. The molecule has 0 aliphatic carbocycles. The van der Waals surface area contributed by atoms with Crippen molar-refractivity contribution < 1.29 is 9.13 Å². The number of hydrogen-bond donors (Lipinski definition) is 2. The van der Waals surface area contributed by atoms with Gasteiger partial charge in [-0.2, -0.15) is 5.26 Å². The van der Waals surface area contributed by atoms with Gasteiger partial charge in [-0.15, -0.1) is 0 Å². The molecule has 0 unspecified atom stereocenters. The highest BCUT2D eigenvalue weighted by Crippen LogP contribution is 2.35.